The maximum Gasteiger partial charge on any atom is 0.0925 e. The Hall–Kier alpha value is -1.31. The van der Waals surface area contributed by atoms with Crippen LogP contribution in [0.3, 0.4) is 0 Å². The number of aromatic nitrogens is 2. The van der Waals surface area contributed by atoms with Crippen molar-refractivity contribution in [3.8, 4) is 0 Å². The van der Waals surface area contributed by atoms with Crippen LogP contribution in [0.2, 0.25) is 0 Å². The average Bonchev–Trinajstić information content (AvgIpc) is 2.37. The van der Waals surface area contributed by atoms with Gasteiger partial charge < -0.3 is 4.98 Å². The van der Waals surface area contributed by atoms with Crippen molar-refractivity contribution in [1.29, 1.82) is 0 Å². The fourth-order valence-electron chi connectivity index (χ4n) is 0.869. The highest BCUT2D eigenvalue weighted by atomic mass is 14.9. The standard InChI is InChI=1S/C9H12N2/c1-3-4-5-6-9-8(2)10-7-11-9/h3-5,7H,1,6H2,2H3,(H,10,11)/b5-4-. The van der Waals surface area contributed by atoms with E-state index in [1.54, 1.807) is 12.4 Å². The number of imidazole rings is 1. The summed E-state index contributed by atoms with van der Waals surface area (Å²) in [6, 6.07) is 0. The van der Waals surface area contributed by atoms with Gasteiger partial charge in [0.15, 0.2) is 0 Å². The van der Waals surface area contributed by atoms with Crippen LogP contribution >= 0.6 is 0 Å². The van der Waals surface area contributed by atoms with Crippen molar-refractivity contribution in [1.82, 2.24) is 9.97 Å². The van der Waals surface area contributed by atoms with Gasteiger partial charge in [0.05, 0.1) is 12.0 Å². The molecule has 0 bridgehead atoms. The van der Waals surface area contributed by atoms with Crippen LogP contribution < -0.4 is 0 Å². The van der Waals surface area contributed by atoms with Crippen molar-refractivity contribution in [3.05, 3.63) is 42.5 Å². The molecule has 0 atom stereocenters. The van der Waals surface area contributed by atoms with E-state index in [4.69, 9.17) is 0 Å². The Labute approximate surface area is 66.7 Å². The molecular weight excluding hydrogens is 136 g/mol. The molecule has 2 heteroatoms. The summed E-state index contributed by atoms with van der Waals surface area (Å²) in [4.78, 5) is 7.17. The third-order valence-electron chi connectivity index (χ3n) is 1.52. The smallest absolute Gasteiger partial charge is 0.0925 e. The molecular formula is C9H12N2. The topological polar surface area (TPSA) is 28.7 Å². The van der Waals surface area contributed by atoms with E-state index in [0.29, 0.717) is 0 Å². The van der Waals surface area contributed by atoms with E-state index in [1.165, 1.54) is 0 Å². The molecule has 11 heavy (non-hydrogen) atoms. The number of allylic oxidation sites excluding steroid dienone is 3. The predicted molar refractivity (Wildman–Crippen MR) is 46.4 cm³/mol. The largest absolute Gasteiger partial charge is 0.348 e. The van der Waals surface area contributed by atoms with Gasteiger partial charge in [0, 0.05) is 12.1 Å². The first kappa shape index (κ1) is 7.79. The van der Waals surface area contributed by atoms with Crippen LogP contribution in [-0.4, -0.2) is 9.97 Å². The van der Waals surface area contributed by atoms with E-state index in [-0.39, 0.29) is 0 Å². The highest BCUT2D eigenvalue weighted by Crippen LogP contribution is 2.01. The summed E-state index contributed by atoms with van der Waals surface area (Å²) in [5.41, 5.74) is 2.24. The van der Waals surface area contributed by atoms with Crippen molar-refractivity contribution in [3.63, 3.8) is 0 Å². The second-order valence-corrected chi connectivity index (χ2v) is 2.34. The third-order valence-corrected chi connectivity index (χ3v) is 1.52. The van der Waals surface area contributed by atoms with E-state index in [2.05, 4.69) is 16.5 Å². The summed E-state index contributed by atoms with van der Waals surface area (Å²) in [6.07, 6.45) is 8.32. The minimum Gasteiger partial charge on any atom is -0.348 e. The number of nitrogens with zero attached hydrogens (tertiary/aromatic N) is 1. The molecule has 0 spiro atoms. The van der Waals surface area contributed by atoms with Crippen LogP contribution in [0.25, 0.3) is 0 Å². The highest BCUT2D eigenvalue weighted by molar-refractivity contribution is 5.13. The zero-order chi connectivity index (χ0) is 8.10. The molecule has 2 nitrogen and oxygen atoms in total. The molecule has 1 N–H and O–H groups in total. The number of hydrogen-bond acceptors (Lipinski definition) is 1. The van der Waals surface area contributed by atoms with E-state index in [1.807, 2.05) is 19.1 Å². The number of aryl methyl sites for hydroxylation is 1. The first-order valence-electron chi connectivity index (χ1n) is 3.61. The summed E-state index contributed by atoms with van der Waals surface area (Å²) < 4.78 is 0. The van der Waals surface area contributed by atoms with Crippen molar-refractivity contribution < 1.29 is 0 Å². The Balaban J connectivity index is 2.57. The molecule has 0 saturated heterocycles. The van der Waals surface area contributed by atoms with Crippen molar-refractivity contribution in [2.24, 2.45) is 0 Å². The quantitative estimate of drug-likeness (QED) is 0.652. The van der Waals surface area contributed by atoms with Gasteiger partial charge in [-0.15, -0.1) is 0 Å². The Morgan fingerprint density at radius 3 is 3.09 bits per heavy atom. The number of hydrogen-bond donors (Lipinski definition) is 1. The Bertz CT molecular complexity index is 258. The molecule has 0 aliphatic carbocycles. The summed E-state index contributed by atoms with van der Waals surface area (Å²) >= 11 is 0. The molecule has 0 amide bonds. The molecule has 1 rings (SSSR count). The zero-order valence-electron chi connectivity index (χ0n) is 6.67. The maximum atomic E-state index is 4.15. The van der Waals surface area contributed by atoms with Gasteiger partial charge in [-0.1, -0.05) is 24.8 Å². The molecule has 0 radical (unpaired) electrons. The molecule has 0 fully saturated rings. The van der Waals surface area contributed by atoms with E-state index < -0.39 is 0 Å². The highest BCUT2D eigenvalue weighted by Gasteiger charge is 1.95. The molecule has 0 aliphatic heterocycles. The molecule has 1 aromatic rings. The van der Waals surface area contributed by atoms with Crippen molar-refractivity contribution in [2.45, 2.75) is 13.3 Å². The lowest BCUT2D eigenvalue weighted by atomic mass is 10.2. The number of aromatic amines is 1. The lowest BCUT2D eigenvalue weighted by Crippen LogP contribution is -1.83. The summed E-state index contributed by atoms with van der Waals surface area (Å²) in [7, 11) is 0. The van der Waals surface area contributed by atoms with Crippen molar-refractivity contribution >= 4 is 0 Å². The second kappa shape index (κ2) is 3.76. The van der Waals surface area contributed by atoms with Crippen LogP contribution in [0, 0.1) is 6.92 Å². The molecule has 0 aliphatic rings. The lowest BCUT2D eigenvalue weighted by Gasteiger charge is -1.89. The van der Waals surface area contributed by atoms with Crippen LogP contribution in [-0.2, 0) is 6.42 Å². The average molecular weight is 148 g/mol. The van der Waals surface area contributed by atoms with Gasteiger partial charge in [0.2, 0.25) is 0 Å². The van der Waals surface area contributed by atoms with Crippen molar-refractivity contribution in [2.75, 3.05) is 0 Å². The minimum absolute atomic E-state index is 0.876. The second-order valence-electron chi connectivity index (χ2n) is 2.34. The van der Waals surface area contributed by atoms with Crippen LogP contribution in [0.4, 0.5) is 0 Å². The van der Waals surface area contributed by atoms with E-state index in [0.717, 1.165) is 17.8 Å². The van der Waals surface area contributed by atoms with Gasteiger partial charge in [0.1, 0.15) is 0 Å². The fourth-order valence-corrected chi connectivity index (χ4v) is 0.869. The fraction of sp³-hybridized carbons (Fsp3) is 0.222. The summed E-state index contributed by atoms with van der Waals surface area (Å²) in [5, 5.41) is 0. The molecule has 0 aromatic carbocycles. The lowest BCUT2D eigenvalue weighted by molar-refractivity contribution is 1.12. The van der Waals surface area contributed by atoms with Gasteiger partial charge in [-0.3, -0.25) is 0 Å². The van der Waals surface area contributed by atoms with E-state index in [9.17, 15) is 0 Å². The Morgan fingerprint density at radius 1 is 1.73 bits per heavy atom. The van der Waals surface area contributed by atoms with Gasteiger partial charge in [-0.25, -0.2) is 4.98 Å². The predicted octanol–water partition coefficient (Wildman–Crippen LogP) is 2.00. The van der Waals surface area contributed by atoms with Gasteiger partial charge in [-0.2, -0.15) is 0 Å². The summed E-state index contributed by atoms with van der Waals surface area (Å²) in [6.45, 7) is 5.60. The number of rotatable bonds is 3. The third kappa shape index (κ3) is 2.08. The Kier molecular flexibility index (Phi) is 2.66. The first-order chi connectivity index (χ1) is 5.34. The minimum atomic E-state index is 0.876. The molecule has 58 valence electrons. The van der Waals surface area contributed by atoms with Crippen LogP contribution in [0.15, 0.2) is 31.1 Å². The monoisotopic (exact) mass is 148 g/mol. The van der Waals surface area contributed by atoms with Crippen LogP contribution in [0.5, 0.6) is 0 Å². The number of nitrogens with one attached hydrogen (secondary N) is 1. The van der Waals surface area contributed by atoms with E-state index >= 15 is 0 Å². The molecule has 0 unspecified atom stereocenters. The maximum absolute atomic E-state index is 4.15. The zero-order valence-corrected chi connectivity index (χ0v) is 6.67. The number of H-pyrrole nitrogens is 1. The molecule has 0 saturated carbocycles. The Morgan fingerprint density at radius 2 is 2.55 bits per heavy atom. The van der Waals surface area contributed by atoms with Crippen LogP contribution in [0.1, 0.15) is 11.4 Å². The molecule has 1 aromatic heterocycles. The van der Waals surface area contributed by atoms with Gasteiger partial charge in [-0.05, 0) is 6.92 Å². The SMILES string of the molecule is C=C/C=C\Cc1nc[nH]c1C. The van der Waals surface area contributed by atoms with Gasteiger partial charge >= 0.3 is 0 Å². The first-order valence-corrected chi connectivity index (χ1v) is 3.61. The molecule has 1 heterocycles. The summed E-state index contributed by atoms with van der Waals surface area (Å²) in [5.74, 6) is 0. The van der Waals surface area contributed by atoms with Gasteiger partial charge in [0.25, 0.3) is 0 Å². The normalized spacial score (nSPS) is 10.6.